The zero-order valence-corrected chi connectivity index (χ0v) is 16.0. The molecule has 0 amide bonds. The van der Waals surface area contributed by atoms with Gasteiger partial charge in [0, 0.05) is 31.2 Å². The number of aliphatic carboxylic acids is 1. The standard InChI is InChI=1S/C19H25N3O3.ClH/c1-14-17(20-19(25-14)15-6-4-3-5-7-15)12-22-10-8-16(9-11-22)21(2)13-18(23)24;/h3-7,16H,8-13H2,1-2H3,(H,23,24);1H. The summed E-state index contributed by atoms with van der Waals surface area (Å²) in [6.45, 7) is 4.73. The van der Waals surface area contributed by atoms with E-state index in [0.29, 0.717) is 11.9 Å². The van der Waals surface area contributed by atoms with Crippen LogP contribution in [0.4, 0.5) is 0 Å². The van der Waals surface area contributed by atoms with Gasteiger partial charge in [0.2, 0.25) is 5.89 Å². The summed E-state index contributed by atoms with van der Waals surface area (Å²) in [5.74, 6) is 0.768. The summed E-state index contributed by atoms with van der Waals surface area (Å²) >= 11 is 0. The minimum absolute atomic E-state index is 0. The molecular weight excluding hydrogens is 354 g/mol. The highest BCUT2D eigenvalue weighted by atomic mass is 35.5. The van der Waals surface area contributed by atoms with Crippen LogP contribution in [0.3, 0.4) is 0 Å². The zero-order valence-electron chi connectivity index (χ0n) is 15.2. The second-order valence-corrected chi connectivity index (χ2v) is 6.70. The van der Waals surface area contributed by atoms with E-state index in [1.807, 2.05) is 49.2 Å². The van der Waals surface area contributed by atoms with Crippen LogP contribution in [0.15, 0.2) is 34.7 Å². The molecule has 3 rings (SSSR count). The van der Waals surface area contributed by atoms with Gasteiger partial charge in [-0.3, -0.25) is 14.6 Å². The number of carbonyl (C=O) groups is 1. The van der Waals surface area contributed by atoms with Gasteiger partial charge in [-0.1, -0.05) is 18.2 Å². The highest BCUT2D eigenvalue weighted by molar-refractivity contribution is 5.85. The third-order valence-corrected chi connectivity index (χ3v) is 4.85. The summed E-state index contributed by atoms with van der Waals surface area (Å²) in [5.41, 5.74) is 1.97. The van der Waals surface area contributed by atoms with Crippen molar-refractivity contribution in [1.82, 2.24) is 14.8 Å². The van der Waals surface area contributed by atoms with Gasteiger partial charge in [0.15, 0.2) is 0 Å². The maximum atomic E-state index is 10.8. The average molecular weight is 380 g/mol. The van der Waals surface area contributed by atoms with E-state index in [9.17, 15) is 4.79 Å². The number of hydrogen-bond donors (Lipinski definition) is 1. The first-order valence-corrected chi connectivity index (χ1v) is 8.69. The van der Waals surface area contributed by atoms with E-state index in [2.05, 4.69) is 9.88 Å². The van der Waals surface area contributed by atoms with Gasteiger partial charge in [-0.15, -0.1) is 12.4 Å². The first-order valence-electron chi connectivity index (χ1n) is 8.69. The summed E-state index contributed by atoms with van der Waals surface area (Å²) in [5, 5.41) is 8.92. The number of oxazole rings is 1. The number of likely N-dealkylation sites (tertiary alicyclic amines) is 1. The minimum atomic E-state index is -0.767. The smallest absolute Gasteiger partial charge is 0.317 e. The summed E-state index contributed by atoms with van der Waals surface area (Å²) in [6, 6.07) is 10.3. The molecule has 2 heterocycles. The van der Waals surface area contributed by atoms with E-state index in [0.717, 1.165) is 49.5 Å². The number of hydrogen-bond acceptors (Lipinski definition) is 5. The van der Waals surface area contributed by atoms with Gasteiger partial charge >= 0.3 is 5.97 Å². The quantitative estimate of drug-likeness (QED) is 0.831. The molecule has 0 saturated carbocycles. The van der Waals surface area contributed by atoms with Crippen LogP contribution in [-0.2, 0) is 11.3 Å². The van der Waals surface area contributed by atoms with Crippen molar-refractivity contribution in [3.05, 3.63) is 41.8 Å². The maximum Gasteiger partial charge on any atom is 0.317 e. The lowest BCUT2D eigenvalue weighted by Gasteiger charge is -2.35. The SMILES string of the molecule is Cc1oc(-c2ccccc2)nc1CN1CCC(N(C)CC(=O)O)CC1.Cl. The van der Waals surface area contributed by atoms with Crippen LogP contribution >= 0.6 is 12.4 Å². The Morgan fingerprint density at radius 3 is 2.58 bits per heavy atom. The molecule has 1 saturated heterocycles. The number of piperidine rings is 1. The van der Waals surface area contributed by atoms with E-state index in [1.165, 1.54) is 0 Å². The van der Waals surface area contributed by atoms with Crippen LogP contribution in [0.25, 0.3) is 11.5 Å². The largest absolute Gasteiger partial charge is 0.480 e. The van der Waals surface area contributed by atoms with Gasteiger partial charge < -0.3 is 9.52 Å². The molecule has 1 aliphatic heterocycles. The molecule has 0 spiro atoms. The molecule has 26 heavy (non-hydrogen) atoms. The molecule has 1 aliphatic rings. The Morgan fingerprint density at radius 2 is 1.96 bits per heavy atom. The van der Waals surface area contributed by atoms with Crippen molar-refractivity contribution in [2.24, 2.45) is 0 Å². The number of benzene rings is 1. The van der Waals surface area contributed by atoms with Crippen molar-refractivity contribution < 1.29 is 14.3 Å². The second-order valence-electron chi connectivity index (χ2n) is 6.70. The Balaban J connectivity index is 0.00000243. The number of halogens is 1. The topological polar surface area (TPSA) is 69.8 Å². The van der Waals surface area contributed by atoms with Gasteiger partial charge in [0.05, 0.1) is 12.2 Å². The Kier molecular flexibility index (Phi) is 7.20. The molecule has 0 bridgehead atoms. The Bertz CT molecular complexity index is 712. The fourth-order valence-electron chi connectivity index (χ4n) is 3.35. The third kappa shape index (κ3) is 5.06. The van der Waals surface area contributed by atoms with E-state index >= 15 is 0 Å². The number of carboxylic acid groups (broad SMARTS) is 1. The predicted octanol–water partition coefficient (Wildman–Crippen LogP) is 3.05. The summed E-state index contributed by atoms with van der Waals surface area (Å²) in [4.78, 5) is 19.8. The number of carboxylic acids is 1. The number of rotatable bonds is 6. The van der Waals surface area contributed by atoms with E-state index in [4.69, 9.17) is 9.52 Å². The fourth-order valence-corrected chi connectivity index (χ4v) is 3.35. The molecule has 1 aromatic carbocycles. The maximum absolute atomic E-state index is 10.8. The first-order chi connectivity index (χ1) is 12.0. The van der Waals surface area contributed by atoms with Crippen molar-refractivity contribution >= 4 is 18.4 Å². The summed E-state index contributed by atoms with van der Waals surface area (Å²) < 4.78 is 5.83. The van der Waals surface area contributed by atoms with Crippen molar-refractivity contribution in [3.63, 3.8) is 0 Å². The summed E-state index contributed by atoms with van der Waals surface area (Å²) in [6.07, 6.45) is 1.96. The molecular formula is C19H26ClN3O3. The normalized spacial score (nSPS) is 15.8. The number of nitrogens with zero attached hydrogens (tertiary/aromatic N) is 3. The molecule has 0 aliphatic carbocycles. The highest BCUT2D eigenvalue weighted by Gasteiger charge is 2.24. The molecule has 0 radical (unpaired) electrons. The molecule has 6 nitrogen and oxygen atoms in total. The van der Waals surface area contributed by atoms with Gasteiger partial charge in [-0.2, -0.15) is 0 Å². The van der Waals surface area contributed by atoms with Crippen LogP contribution < -0.4 is 0 Å². The lowest BCUT2D eigenvalue weighted by Crippen LogP contribution is -2.44. The van der Waals surface area contributed by atoms with E-state index in [-0.39, 0.29) is 19.0 Å². The molecule has 2 aromatic rings. The van der Waals surface area contributed by atoms with Gasteiger partial charge in [-0.25, -0.2) is 4.98 Å². The number of aryl methyl sites for hydroxylation is 1. The lowest BCUT2D eigenvalue weighted by atomic mass is 10.0. The molecule has 1 aromatic heterocycles. The van der Waals surface area contributed by atoms with Crippen molar-refractivity contribution in [1.29, 1.82) is 0 Å². The molecule has 7 heteroatoms. The van der Waals surface area contributed by atoms with Gasteiger partial charge in [-0.05, 0) is 38.9 Å². The monoisotopic (exact) mass is 379 g/mol. The van der Waals surface area contributed by atoms with Crippen molar-refractivity contribution in [3.8, 4) is 11.5 Å². The molecule has 0 atom stereocenters. The van der Waals surface area contributed by atoms with Gasteiger partial charge in [0.25, 0.3) is 0 Å². The Labute approximate surface area is 160 Å². The van der Waals surface area contributed by atoms with Crippen molar-refractivity contribution in [2.75, 3.05) is 26.7 Å². The van der Waals surface area contributed by atoms with Crippen LogP contribution in [0.5, 0.6) is 0 Å². The minimum Gasteiger partial charge on any atom is -0.480 e. The second kappa shape index (κ2) is 9.16. The van der Waals surface area contributed by atoms with Crippen LogP contribution in [-0.4, -0.2) is 58.6 Å². The van der Waals surface area contributed by atoms with Crippen molar-refractivity contribution in [2.45, 2.75) is 32.4 Å². The summed E-state index contributed by atoms with van der Waals surface area (Å²) in [7, 11) is 1.89. The lowest BCUT2D eigenvalue weighted by molar-refractivity contribution is -0.138. The van der Waals surface area contributed by atoms with Crippen LogP contribution in [0.1, 0.15) is 24.3 Å². The molecule has 0 unspecified atom stereocenters. The Hall–Kier alpha value is -1.89. The fraction of sp³-hybridized carbons (Fsp3) is 0.474. The van der Waals surface area contributed by atoms with E-state index < -0.39 is 5.97 Å². The molecule has 1 N–H and O–H groups in total. The van der Waals surface area contributed by atoms with E-state index in [1.54, 1.807) is 0 Å². The first kappa shape index (κ1) is 20.4. The molecule has 142 valence electrons. The van der Waals surface area contributed by atoms with Gasteiger partial charge in [0.1, 0.15) is 5.76 Å². The predicted molar refractivity (Wildman–Crippen MR) is 102 cm³/mol. The number of aromatic nitrogens is 1. The van der Waals surface area contributed by atoms with Crippen LogP contribution in [0.2, 0.25) is 0 Å². The zero-order chi connectivity index (χ0) is 17.8. The van der Waals surface area contributed by atoms with Crippen LogP contribution in [0, 0.1) is 6.92 Å². The molecule has 1 fully saturated rings. The Morgan fingerprint density at radius 1 is 1.31 bits per heavy atom. The third-order valence-electron chi connectivity index (χ3n) is 4.85. The highest BCUT2D eigenvalue weighted by Crippen LogP contribution is 2.23. The average Bonchev–Trinajstić information content (AvgIpc) is 2.96. The number of likely N-dealkylation sites (N-methyl/N-ethyl adjacent to an activating group) is 1.